The van der Waals surface area contributed by atoms with E-state index >= 15 is 0 Å². The maximum atomic E-state index is 12.0. The number of rotatable bonds is 6. The number of hydrogen-bond donors (Lipinski definition) is 2. The number of alkyl carbamates (subject to hydrolysis) is 1. The summed E-state index contributed by atoms with van der Waals surface area (Å²) in [5.74, 6) is 0.0345. The number of aryl methyl sites for hydroxylation is 1. The van der Waals surface area contributed by atoms with Gasteiger partial charge >= 0.3 is 6.09 Å². The number of hydrogen-bond acceptors (Lipinski definition) is 4. The summed E-state index contributed by atoms with van der Waals surface area (Å²) in [6, 6.07) is 12.6. The summed E-state index contributed by atoms with van der Waals surface area (Å²) in [5.41, 5.74) is 2.14. The van der Waals surface area contributed by atoms with Crippen molar-refractivity contribution < 1.29 is 19.1 Å². The molecule has 25 heavy (non-hydrogen) atoms. The third kappa shape index (κ3) is 5.69. The first-order valence-electron chi connectivity index (χ1n) is 7.58. The van der Waals surface area contributed by atoms with Crippen LogP contribution in [0.2, 0.25) is 5.02 Å². The van der Waals surface area contributed by atoms with E-state index in [-0.39, 0.29) is 13.2 Å². The van der Waals surface area contributed by atoms with E-state index in [0.29, 0.717) is 16.5 Å². The SMILES string of the molecule is COc1cc(Cl)c(C)cc1NC(=O)CNC(=O)OCc1ccccc1. The molecule has 0 saturated heterocycles. The first kappa shape index (κ1) is 18.6. The Morgan fingerprint density at radius 2 is 1.88 bits per heavy atom. The van der Waals surface area contributed by atoms with Crippen molar-refractivity contribution in [1.29, 1.82) is 0 Å². The van der Waals surface area contributed by atoms with Gasteiger partial charge in [-0.2, -0.15) is 0 Å². The normalized spacial score (nSPS) is 10.0. The Bertz CT molecular complexity index is 750. The Morgan fingerprint density at radius 1 is 1.16 bits per heavy atom. The van der Waals surface area contributed by atoms with Gasteiger partial charge in [0.15, 0.2) is 0 Å². The molecular formula is C18H19ClN2O4. The number of amides is 2. The van der Waals surface area contributed by atoms with Gasteiger partial charge in [-0.05, 0) is 24.1 Å². The summed E-state index contributed by atoms with van der Waals surface area (Å²) in [7, 11) is 1.48. The molecule has 0 aliphatic carbocycles. The lowest BCUT2D eigenvalue weighted by Crippen LogP contribution is -2.33. The van der Waals surface area contributed by atoms with Crippen LogP contribution in [0.25, 0.3) is 0 Å². The molecule has 2 aromatic rings. The maximum Gasteiger partial charge on any atom is 0.407 e. The molecule has 0 aliphatic heterocycles. The van der Waals surface area contributed by atoms with Crippen molar-refractivity contribution in [3.8, 4) is 5.75 Å². The minimum absolute atomic E-state index is 0.137. The highest BCUT2D eigenvalue weighted by molar-refractivity contribution is 6.31. The monoisotopic (exact) mass is 362 g/mol. The molecule has 0 heterocycles. The predicted molar refractivity (Wildman–Crippen MR) is 96.0 cm³/mol. The summed E-state index contributed by atoms with van der Waals surface area (Å²) in [6.45, 7) is 1.73. The van der Waals surface area contributed by atoms with Crippen molar-refractivity contribution in [1.82, 2.24) is 5.32 Å². The molecule has 7 heteroatoms. The van der Waals surface area contributed by atoms with Crippen molar-refractivity contribution in [3.63, 3.8) is 0 Å². The Labute approximate surface area is 151 Å². The van der Waals surface area contributed by atoms with Gasteiger partial charge in [-0.15, -0.1) is 0 Å². The number of benzene rings is 2. The molecule has 0 saturated carbocycles. The van der Waals surface area contributed by atoms with Crippen LogP contribution in [0.5, 0.6) is 5.75 Å². The average Bonchev–Trinajstić information content (AvgIpc) is 2.62. The van der Waals surface area contributed by atoms with Crippen LogP contribution in [-0.2, 0) is 16.1 Å². The van der Waals surface area contributed by atoms with Gasteiger partial charge in [-0.3, -0.25) is 4.79 Å². The van der Waals surface area contributed by atoms with Crippen molar-refractivity contribution in [2.45, 2.75) is 13.5 Å². The minimum atomic E-state index is -0.668. The van der Waals surface area contributed by atoms with Gasteiger partial charge in [-0.25, -0.2) is 4.79 Å². The highest BCUT2D eigenvalue weighted by Gasteiger charge is 2.12. The summed E-state index contributed by atoms with van der Waals surface area (Å²) >= 11 is 6.02. The Balaban J connectivity index is 1.82. The summed E-state index contributed by atoms with van der Waals surface area (Å²) < 4.78 is 10.2. The zero-order chi connectivity index (χ0) is 18.2. The van der Waals surface area contributed by atoms with E-state index < -0.39 is 12.0 Å². The minimum Gasteiger partial charge on any atom is -0.495 e. The van der Waals surface area contributed by atoms with Gasteiger partial charge in [0.2, 0.25) is 5.91 Å². The number of carbonyl (C=O) groups excluding carboxylic acids is 2. The number of anilines is 1. The topological polar surface area (TPSA) is 76.7 Å². The highest BCUT2D eigenvalue weighted by atomic mass is 35.5. The molecule has 0 radical (unpaired) electrons. The van der Waals surface area contributed by atoms with Gasteiger partial charge in [0.1, 0.15) is 18.9 Å². The van der Waals surface area contributed by atoms with Gasteiger partial charge in [0.05, 0.1) is 12.8 Å². The standard InChI is InChI=1S/C18H19ClN2O4/c1-12-8-15(16(24-2)9-14(12)19)21-17(22)10-20-18(23)25-11-13-6-4-3-5-7-13/h3-9H,10-11H2,1-2H3,(H,20,23)(H,21,22). The summed E-state index contributed by atoms with van der Waals surface area (Å²) in [4.78, 5) is 23.6. The van der Waals surface area contributed by atoms with E-state index in [4.69, 9.17) is 21.1 Å². The molecule has 132 valence electrons. The highest BCUT2D eigenvalue weighted by Crippen LogP contribution is 2.30. The fourth-order valence-electron chi connectivity index (χ4n) is 2.05. The smallest absolute Gasteiger partial charge is 0.407 e. The molecule has 0 unspecified atom stereocenters. The van der Waals surface area contributed by atoms with Crippen LogP contribution in [0, 0.1) is 6.92 Å². The third-order valence-electron chi connectivity index (χ3n) is 3.36. The van der Waals surface area contributed by atoms with E-state index in [1.165, 1.54) is 7.11 Å². The zero-order valence-corrected chi connectivity index (χ0v) is 14.7. The fourth-order valence-corrected chi connectivity index (χ4v) is 2.20. The molecule has 2 N–H and O–H groups in total. The molecule has 0 aliphatic rings. The van der Waals surface area contributed by atoms with Crippen molar-refractivity contribution in [3.05, 3.63) is 58.6 Å². The van der Waals surface area contributed by atoms with Crippen molar-refractivity contribution >= 4 is 29.3 Å². The average molecular weight is 363 g/mol. The molecule has 6 nitrogen and oxygen atoms in total. The second kappa shape index (κ2) is 8.94. The second-order valence-corrected chi connectivity index (χ2v) is 5.67. The first-order chi connectivity index (χ1) is 12.0. The van der Waals surface area contributed by atoms with E-state index in [2.05, 4.69) is 10.6 Å². The summed E-state index contributed by atoms with van der Waals surface area (Å²) in [5, 5.41) is 5.60. The molecule has 2 amide bonds. The molecule has 2 aromatic carbocycles. The quantitative estimate of drug-likeness (QED) is 0.824. The Morgan fingerprint density at radius 3 is 2.56 bits per heavy atom. The van der Waals surface area contributed by atoms with Crippen LogP contribution in [0.4, 0.5) is 10.5 Å². The van der Waals surface area contributed by atoms with Gasteiger partial charge in [0, 0.05) is 11.1 Å². The van der Waals surface area contributed by atoms with Crippen LogP contribution < -0.4 is 15.4 Å². The summed E-state index contributed by atoms with van der Waals surface area (Å²) in [6.07, 6.45) is -0.668. The van der Waals surface area contributed by atoms with Crippen molar-refractivity contribution in [2.24, 2.45) is 0 Å². The van der Waals surface area contributed by atoms with Gasteiger partial charge in [-0.1, -0.05) is 41.9 Å². The molecule has 0 spiro atoms. The Hall–Kier alpha value is -2.73. The van der Waals surface area contributed by atoms with Gasteiger partial charge < -0.3 is 20.1 Å². The zero-order valence-electron chi connectivity index (χ0n) is 14.0. The van der Waals surface area contributed by atoms with E-state index in [1.54, 1.807) is 12.1 Å². The molecule has 0 fully saturated rings. The number of nitrogens with one attached hydrogen (secondary N) is 2. The first-order valence-corrected chi connectivity index (χ1v) is 7.96. The fraction of sp³-hybridized carbons (Fsp3) is 0.222. The van der Waals surface area contributed by atoms with Crippen molar-refractivity contribution in [2.75, 3.05) is 19.0 Å². The molecule has 0 aromatic heterocycles. The lowest BCUT2D eigenvalue weighted by Gasteiger charge is -2.12. The molecular weight excluding hydrogens is 344 g/mol. The largest absolute Gasteiger partial charge is 0.495 e. The van der Waals surface area contributed by atoms with Gasteiger partial charge in [0.25, 0.3) is 0 Å². The predicted octanol–water partition coefficient (Wildman–Crippen LogP) is 3.52. The van der Waals surface area contributed by atoms with E-state index in [9.17, 15) is 9.59 Å². The lowest BCUT2D eigenvalue weighted by atomic mass is 10.2. The second-order valence-electron chi connectivity index (χ2n) is 5.27. The van der Waals surface area contributed by atoms with Crippen LogP contribution in [0.1, 0.15) is 11.1 Å². The molecule has 2 rings (SSSR count). The third-order valence-corrected chi connectivity index (χ3v) is 3.77. The number of halogens is 1. The van der Waals surface area contributed by atoms with E-state index in [0.717, 1.165) is 11.1 Å². The molecule has 0 bridgehead atoms. The number of ether oxygens (including phenoxy) is 2. The number of carbonyl (C=O) groups is 2. The maximum absolute atomic E-state index is 12.0. The van der Waals surface area contributed by atoms with Crippen LogP contribution in [0.15, 0.2) is 42.5 Å². The van der Waals surface area contributed by atoms with Crippen LogP contribution >= 0.6 is 11.6 Å². The lowest BCUT2D eigenvalue weighted by molar-refractivity contribution is -0.115. The Kier molecular flexibility index (Phi) is 6.65. The molecule has 0 atom stereocenters. The van der Waals surface area contributed by atoms with Crippen LogP contribution in [-0.4, -0.2) is 25.7 Å². The van der Waals surface area contributed by atoms with Crippen LogP contribution in [0.3, 0.4) is 0 Å². The van der Waals surface area contributed by atoms with E-state index in [1.807, 2.05) is 37.3 Å². The number of methoxy groups -OCH3 is 1.